The van der Waals surface area contributed by atoms with Crippen LogP contribution >= 0.6 is 34.9 Å². The molecule has 0 fully saturated rings. The summed E-state index contributed by atoms with van der Waals surface area (Å²) in [5, 5.41) is 10.3. The Hall–Kier alpha value is -2.43. The third-order valence-electron chi connectivity index (χ3n) is 3.54. The number of nitrogens with zero attached hydrogens (tertiary/aromatic N) is 5. The van der Waals surface area contributed by atoms with Crippen molar-refractivity contribution in [3.63, 3.8) is 0 Å². The third-order valence-corrected chi connectivity index (χ3v) is 6.55. The molecule has 10 heteroatoms. The first-order valence-corrected chi connectivity index (χ1v) is 10.3. The van der Waals surface area contributed by atoms with Crippen LogP contribution in [-0.2, 0) is 0 Å². The Morgan fingerprint density at radius 3 is 2.88 bits per heavy atom. The second kappa shape index (κ2) is 6.38. The molecule has 4 heterocycles. The number of rotatable bonds is 4. The molecule has 1 aromatic carbocycles. The van der Waals surface area contributed by atoms with Crippen molar-refractivity contribution in [2.45, 2.75) is 14.6 Å². The van der Waals surface area contributed by atoms with Crippen LogP contribution in [0.3, 0.4) is 0 Å². The van der Waals surface area contributed by atoms with Crippen molar-refractivity contribution in [2.75, 3.05) is 6.26 Å². The number of hydrogen-bond acceptors (Lipinski definition) is 10. The minimum absolute atomic E-state index is 0.336. The summed E-state index contributed by atoms with van der Waals surface area (Å²) in [6, 6.07) is 9.63. The van der Waals surface area contributed by atoms with Gasteiger partial charge in [0.2, 0.25) is 0 Å². The molecule has 0 aliphatic rings. The topological polar surface area (TPSA) is 90.7 Å². The highest BCUT2D eigenvalue weighted by molar-refractivity contribution is 8.00. The number of hydrogen-bond donors (Lipinski definition) is 0. The average molecular weight is 399 g/mol. The summed E-state index contributed by atoms with van der Waals surface area (Å²) >= 11 is 4.42. The number of thiazole rings is 1. The largest absolute Gasteiger partial charge is 0.451 e. The monoisotopic (exact) mass is 399 g/mol. The lowest BCUT2D eigenvalue weighted by atomic mass is 10.2. The Balaban J connectivity index is 1.48. The fourth-order valence-electron chi connectivity index (χ4n) is 2.40. The highest BCUT2D eigenvalue weighted by Gasteiger charge is 2.17. The Labute approximate surface area is 159 Å². The molecule has 0 aliphatic heterocycles. The Morgan fingerprint density at radius 2 is 2.00 bits per heavy atom. The predicted molar refractivity (Wildman–Crippen MR) is 101 cm³/mol. The van der Waals surface area contributed by atoms with Crippen molar-refractivity contribution < 1.29 is 8.83 Å². The fourth-order valence-corrected chi connectivity index (χ4v) is 4.69. The highest BCUT2D eigenvalue weighted by Crippen LogP contribution is 2.37. The van der Waals surface area contributed by atoms with Crippen LogP contribution in [0.15, 0.2) is 60.1 Å². The zero-order valence-corrected chi connectivity index (χ0v) is 15.7. The van der Waals surface area contributed by atoms with Crippen LogP contribution in [0.5, 0.6) is 0 Å². The van der Waals surface area contributed by atoms with Crippen molar-refractivity contribution in [1.82, 2.24) is 25.1 Å². The van der Waals surface area contributed by atoms with Crippen LogP contribution in [0, 0.1) is 0 Å². The summed E-state index contributed by atoms with van der Waals surface area (Å²) in [6.07, 6.45) is 3.47. The van der Waals surface area contributed by atoms with Gasteiger partial charge in [-0.3, -0.25) is 0 Å². The molecule has 4 aromatic heterocycles. The van der Waals surface area contributed by atoms with E-state index in [2.05, 4.69) is 25.1 Å². The molecule has 5 rings (SSSR count). The Kier molecular flexibility index (Phi) is 3.88. The van der Waals surface area contributed by atoms with Gasteiger partial charge in [0.15, 0.2) is 15.7 Å². The van der Waals surface area contributed by atoms with Crippen molar-refractivity contribution in [2.24, 2.45) is 0 Å². The lowest BCUT2D eigenvalue weighted by Crippen LogP contribution is -1.84. The lowest BCUT2D eigenvalue weighted by molar-refractivity contribution is 0.451. The number of aromatic nitrogens is 5. The molecule has 5 aromatic rings. The van der Waals surface area contributed by atoms with E-state index >= 15 is 0 Å². The molecule has 26 heavy (non-hydrogen) atoms. The standard InChI is InChI=1S/C16H9N5O2S3/c1-24-16-19-12-11(25-16)14(18-7-17-12)26-15-21-20-13(23-15)10-6-8-4-2-3-5-9(8)22-10/h2-7H,1H3. The predicted octanol–water partition coefficient (Wildman–Crippen LogP) is 4.76. The van der Waals surface area contributed by atoms with Gasteiger partial charge in [0.25, 0.3) is 11.1 Å². The number of fused-ring (bicyclic) bond motifs is 2. The Bertz CT molecular complexity index is 1200. The van der Waals surface area contributed by atoms with Crippen LogP contribution < -0.4 is 0 Å². The number of furan rings is 1. The fraction of sp³-hybridized carbons (Fsp3) is 0.0625. The van der Waals surface area contributed by atoms with Gasteiger partial charge in [-0.05, 0) is 30.2 Å². The van der Waals surface area contributed by atoms with Crippen LogP contribution in [-0.4, -0.2) is 31.4 Å². The second-order valence-corrected chi connectivity index (χ2v) is 8.13. The van der Waals surface area contributed by atoms with Gasteiger partial charge in [-0.1, -0.05) is 30.0 Å². The second-order valence-electron chi connectivity index (χ2n) is 5.14. The van der Waals surface area contributed by atoms with Gasteiger partial charge in [0.1, 0.15) is 21.6 Å². The molecule has 0 spiro atoms. The summed E-state index contributed by atoms with van der Waals surface area (Å²) in [5.41, 5.74) is 1.45. The van der Waals surface area contributed by atoms with Crippen LogP contribution in [0.1, 0.15) is 0 Å². The summed E-state index contributed by atoms with van der Waals surface area (Å²) in [4.78, 5) is 13.0. The normalized spacial score (nSPS) is 11.6. The van der Waals surface area contributed by atoms with Crippen molar-refractivity contribution in [3.8, 4) is 11.7 Å². The Morgan fingerprint density at radius 1 is 1.08 bits per heavy atom. The van der Waals surface area contributed by atoms with E-state index in [1.807, 2.05) is 36.6 Å². The first kappa shape index (κ1) is 15.8. The quantitative estimate of drug-likeness (QED) is 0.313. The molecule has 0 atom stereocenters. The average Bonchev–Trinajstić information content (AvgIpc) is 3.38. The van der Waals surface area contributed by atoms with Crippen LogP contribution in [0.4, 0.5) is 0 Å². The molecule has 0 saturated carbocycles. The molecule has 0 N–H and O–H groups in total. The first-order valence-electron chi connectivity index (χ1n) is 7.46. The van der Waals surface area contributed by atoms with Gasteiger partial charge in [-0.15, -0.1) is 21.5 Å². The zero-order valence-electron chi connectivity index (χ0n) is 13.2. The van der Waals surface area contributed by atoms with Crippen LogP contribution in [0.2, 0.25) is 0 Å². The smallest absolute Gasteiger partial charge is 0.284 e. The maximum atomic E-state index is 5.76. The van der Waals surface area contributed by atoms with E-state index in [-0.39, 0.29) is 0 Å². The van der Waals surface area contributed by atoms with E-state index in [9.17, 15) is 0 Å². The summed E-state index contributed by atoms with van der Waals surface area (Å²) < 4.78 is 13.4. The lowest BCUT2D eigenvalue weighted by Gasteiger charge is -1.95. The minimum atomic E-state index is 0.336. The van der Waals surface area contributed by atoms with E-state index in [1.165, 1.54) is 18.1 Å². The van der Waals surface area contributed by atoms with Gasteiger partial charge in [-0.25, -0.2) is 15.0 Å². The van der Waals surface area contributed by atoms with Gasteiger partial charge in [0, 0.05) is 5.39 Å². The van der Waals surface area contributed by atoms with Gasteiger partial charge >= 0.3 is 0 Å². The molecular weight excluding hydrogens is 390 g/mol. The molecule has 0 bridgehead atoms. The molecule has 128 valence electrons. The number of thioether (sulfide) groups is 1. The van der Waals surface area contributed by atoms with Gasteiger partial charge in [-0.2, -0.15) is 0 Å². The van der Waals surface area contributed by atoms with Crippen LogP contribution in [0.25, 0.3) is 33.0 Å². The van der Waals surface area contributed by atoms with Crippen molar-refractivity contribution in [3.05, 3.63) is 36.7 Å². The van der Waals surface area contributed by atoms with Gasteiger partial charge < -0.3 is 8.83 Å². The van der Waals surface area contributed by atoms with Gasteiger partial charge in [0.05, 0.1) is 0 Å². The van der Waals surface area contributed by atoms with E-state index in [4.69, 9.17) is 8.83 Å². The van der Waals surface area contributed by atoms with Crippen molar-refractivity contribution >= 4 is 56.2 Å². The SMILES string of the molecule is CSc1nc2ncnc(Sc3nnc(-c4cc5ccccc5o4)o3)c2s1. The molecule has 0 saturated heterocycles. The molecule has 0 unspecified atom stereocenters. The minimum Gasteiger partial charge on any atom is -0.451 e. The van der Waals surface area contributed by atoms with E-state index < -0.39 is 0 Å². The van der Waals surface area contributed by atoms with E-state index in [1.54, 1.807) is 23.1 Å². The summed E-state index contributed by atoms with van der Waals surface area (Å²) in [5.74, 6) is 0.879. The first-order chi connectivity index (χ1) is 12.8. The number of para-hydroxylation sites is 1. The maximum absolute atomic E-state index is 5.76. The third kappa shape index (κ3) is 2.75. The molecule has 0 aliphatic carbocycles. The van der Waals surface area contributed by atoms with Crippen molar-refractivity contribution in [1.29, 1.82) is 0 Å². The van der Waals surface area contributed by atoms with E-state index in [0.717, 1.165) is 25.0 Å². The zero-order chi connectivity index (χ0) is 17.5. The highest BCUT2D eigenvalue weighted by atomic mass is 32.2. The molecule has 0 amide bonds. The molecule has 0 radical (unpaired) electrons. The number of benzene rings is 1. The van der Waals surface area contributed by atoms with E-state index in [0.29, 0.717) is 22.5 Å². The maximum Gasteiger partial charge on any atom is 0.284 e. The summed E-state index contributed by atoms with van der Waals surface area (Å²) in [7, 11) is 0. The molecular formula is C16H9N5O2S3. The molecule has 7 nitrogen and oxygen atoms in total. The summed E-state index contributed by atoms with van der Waals surface area (Å²) in [6.45, 7) is 0.